The van der Waals surface area contributed by atoms with E-state index in [9.17, 15) is 0 Å². The van der Waals surface area contributed by atoms with Gasteiger partial charge in [0.15, 0.2) is 0 Å². The molecule has 0 heterocycles. The lowest BCUT2D eigenvalue weighted by atomic mass is 10.0. The third-order valence-corrected chi connectivity index (χ3v) is 3.29. The summed E-state index contributed by atoms with van der Waals surface area (Å²) in [7, 11) is 0. The second kappa shape index (κ2) is 7.70. The predicted molar refractivity (Wildman–Crippen MR) is 75.4 cm³/mol. The first-order chi connectivity index (χ1) is 8.17. The van der Waals surface area contributed by atoms with E-state index in [1.807, 2.05) is 24.3 Å². The van der Waals surface area contributed by atoms with Gasteiger partial charge in [0.2, 0.25) is 0 Å². The van der Waals surface area contributed by atoms with Gasteiger partial charge in [0.25, 0.3) is 0 Å². The van der Waals surface area contributed by atoms with Crippen LogP contribution in [0.4, 0.5) is 0 Å². The SMILES string of the molecule is CCCN(CC)CCC(N)c1ccc(Cl)cc1. The first kappa shape index (κ1) is 14.5. The summed E-state index contributed by atoms with van der Waals surface area (Å²) in [6, 6.07) is 7.95. The van der Waals surface area contributed by atoms with Crippen molar-refractivity contribution in [3.63, 3.8) is 0 Å². The van der Waals surface area contributed by atoms with Gasteiger partial charge in [-0.15, -0.1) is 0 Å². The Morgan fingerprint density at radius 2 is 1.82 bits per heavy atom. The van der Waals surface area contributed by atoms with Gasteiger partial charge in [-0.2, -0.15) is 0 Å². The summed E-state index contributed by atoms with van der Waals surface area (Å²) in [6.07, 6.45) is 2.19. The van der Waals surface area contributed by atoms with Crippen LogP contribution in [0.1, 0.15) is 38.3 Å². The second-order valence-corrected chi connectivity index (χ2v) is 4.82. The van der Waals surface area contributed by atoms with Crippen molar-refractivity contribution in [2.45, 2.75) is 32.7 Å². The highest BCUT2D eigenvalue weighted by Gasteiger charge is 2.08. The van der Waals surface area contributed by atoms with Crippen molar-refractivity contribution in [3.05, 3.63) is 34.9 Å². The van der Waals surface area contributed by atoms with Crippen LogP contribution >= 0.6 is 11.6 Å². The molecule has 3 heteroatoms. The van der Waals surface area contributed by atoms with E-state index < -0.39 is 0 Å². The fraction of sp³-hybridized carbons (Fsp3) is 0.571. The maximum Gasteiger partial charge on any atom is 0.0406 e. The van der Waals surface area contributed by atoms with Crippen LogP contribution in [0, 0.1) is 0 Å². The molecule has 0 radical (unpaired) electrons. The molecule has 0 aliphatic carbocycles. The molecule has 96 valence electrons. The van der Waals surface area contributed by atoms with Crippen LogP contribution in [-0.4, -0.2) is 24.5 Å². The van der Waals surface area contributed by atoms with Gasteiger partial charge in [0, 0.05) is 11.1 Å². The van der Waals surface area contributed by atoms with Gasteiger partial charge in [-0.1, -0.05) is 37.6 Å². The van der Waals surface area contributed by atoms with Crippen molar-refractivity contribution in [2.75, 3.05) is 19.6 Å². The highest BCUT2D eigenvalue weighted by Crippen LogP contribution is 2.17. The Kier molecular flexibility index (Phi) is 6.56. The molecule has 0 saturated carbocycles. The molecule has 0 spiro atoms. The van der Waals surface area contributed by atoms with Crippen molar-refractivity contribution < 1.29 is 0 Å². The van der Waals surface area contributed by atoms with Gasteiger partial charge in [-0.05, 0) is 50.2 Å². The monoisotopic (exact) mass is 254 g/mol. The van der Waals surface area contributed by atoms with Gasteiger partial charge in [-0.3, -0.25) is 0 Å². The molecule has 1 aromatic rings. The minimum Gasteiger partial charge on any atom is -0.324 e. The number of benzene rings is 1. The standard InChI is InChI=1S/C14H23ClN2/c1-3-10-17(4-2)11-9-14(16)12-5-7-13(15)8-6-12/h5-8,14H,3-4,9-11,16H2,1-2H3. The Balaban J connectivity index is 2.43. The molecule has 0 saturated heterocycles. The normalized spacial score (nSPS) is 13.0. The van der Waals surface area contributed by atoms with Gasteiger partial charge < -0.3 is 10.6 Å². The molecule has 1 unspecified atom stereocenters. The van der Waals surface area contributed by atoms with Crippen molar-refractivity contribution >= 4 is 11.6 Å². The van der Waals surface area contributed by atoms with Gasteiger partial charge in [0.1, 0.15) is 0 Å². The van der Waals surface area contributed by atoms with Crippen LogP contribution in [-0.2, 0) is 0 Å². The van der Waals surface area contributed by atoms with Crippen molar-refractivity contribution in [1.29, 1.82) is 0 Å². The van der Waals surface area contributed by atoms with E-state index in [4.69, 9.17) is 17.3 Å². The van der Waals surface area contributed by atoms with E-state index in [1.165, 1.54) is 12.0 Å². The average Bonchev–Trinajstić information content (AvgIpc) is 2.35. The molecule has 1 aromatic carbocycles. The van der Waals surface area contributed by atoms with E-state index in [-0.39, 0.29) is 6.04 Å². The van der Waals surface area contributed by atoms with Crippen LogP contribution in [0.5, 0.6) is 0 Å². The molecule has 1 rings (SSSR count). The molecule has 0 aromatic heterocycles. The van der Waals surface area contributed by atoms with Crippen molar-refractivity contribution in [3.8, 4) is 0 Å². The second-order valence-electron chi connectivity index (χ2n) is 4.38. The average molecular weight is 255 g/mol. The molecule has 2 nitrogen and oxygen atoms in total. The van der Waals surface area contributed by atoms with Gasteiger partial charge >= 0.3 is 0 Å². The molecular weight excluding hydrogens is 232 g/mol. The quantitative estimate of drug-likeness (QED) is 0.808. The summed E-state index contributed by atoms with van der Waals surface area (Å²) in [5, 5.41) is 0.766. The number of rotatable bonds is 7. The van der Waals surface area contributed by atoms with Crippen LogP contribution in [0.2, 0.25) is 5.02 Å². The summed E-state index contributed by atoms with van der Waals surface area (Å²) in [5.41, 5.74) is 7.34. The minimum absolute atomic E-state index is 0.109. The van der Waals surface area contributed by atoms with Crippen LogP contribution in [0.25, 0.3) is 0 Å². The Labute approximate surface area is 110 Å². The summed E-state index contributed by atoms with van der Waals surface area (Å²) in [6.45, 7) is 7.73. The van der Waals surface area contributed by atoms with E-state index in [1.54, 1.807) is 0 Å². The zero-order valence-corrected chi connectivity index (χ0v) is 11.6. The first-order valence-corrected chi connectivity index (χ1v) is 6.78. The maximum absolute atomic E-state index is 6.17. The molecule has 0 aliphatic rings. The number of nitrogens with two attached hydrogens (primary N) is 1. The largest absolute Gasteiger partial charge is 0.324 e. The lowest BCUT2D eigenvalue weighted by Gasteiger charge is -2.21. The molecule has 1 atom stereocenters. The van der Waals surface area contributed by atoms with E-state index in [0.717, 1.165) is 31.1 Å². The van der Waals surface area contributed by atoms with Crippen LogP contribution in [0.3, 0.4) is 0 Å². The zero-order valence-electron chi connectivity index (χ0n) is 10.8. The number of halogens is 1. The Hall–Kier alpha value is -0.570. The smallest absolute Gasteiger partial charge is 0.0406 e. The number of hydrogen-bond acceptors (Lipinski definition) is 2. The van der Waals surface area contributed by atoms with Gasteiger partial charge in [-0.25, -0.2) is 0 Å². The third-order valence-electron chi connectivity index (χ3n) is 3.04. The third kappa shape index (κ3) is 5.07. The Morgan fingerprint density at radius 1 is 1.18 bits per heavy atom. The summed E-state index contributed by atoms with van der Waals surface area (Å²) in [4.78, 5) is 2.44. The number of hydrogen-bond donors (Lipinski definition) is 1. The highest BCUT2D eigenvalue weighted by molar-refractivity contribution is 6.30. The Morgan fingerprint density at radius 3 is 2.35 bits per heavy atom. The molecule has 17 heavy (non-hydrogen) atoms. The van der Waals surface area contributed by atoms with Crippen molar-refractivity contribution in [1.82, 2.24) is 4.90 Å². The molecule has 0 aliphatic heterocycles. The summed E-state index contributed by atoms with van der Waals surface area (Å²) in [5.74, 6) is 0. The predicted octanol–water partition coefficient (Wildman–Crippen LogP) is 3.46. The Bertz CT molecular complexity index is 311. The molecule has 0 fully saturated rings. The van der Waals surface area contributed by atoms with Gasteiger partial charge in [0.05, 0.1) is 0 Å². The topological polar surface area (TPSA) is 29.3 Å². The van der Waals surface area contributed by atoms with E-state index in [0.29, 0.717) is 0 Å². The molecule has 2 N–H and O–H groups in total. The molecular formula is C14H23ClN2. The van der Waals surface area contributed by atoms with Crippen LogP contribution < -0.4 is 5.73 Å². The van der Waals surface area contributed by atoms with Crippen molar-refractivity contribution in [2.24, 2.45) is 5.73 Å². The number of nitrogens with zero attached hydrogens (tertiary/aromatic N) is 1. The highest BCUT2D eigenvalue weighted by atomic mass is 35.5. The summed E-state index contributed by atoms with van der Waals surface area (Å²) >= 11 is 5.86. The fourth-order valence-corrected chi connectivity index (χ4v) is 2.07. The van der Waals surface area contributed by atoms with Crippen LogP contribution in [0.15, 0.2) is 24.3 Å². The zero-order chi connectivity index (χ0) is 12.7. The maximum atomic E-state index is 6.17. The first-order valence-electron chi connectivity index (χ1n) is 6.40. The molecule has 0 bridgehead atoms. The summed E-state index contributed by atoms with van der Waals surface area (Å²) < 4.78 is 0. The lowest BCUT2D eigenvalue weighted by molar-refractivity contribution is 0.277. The van der Waals surface area contributed by atoms with E-state index in [2.05, 4.69) is 18.7 Å². The van der Waals surface area contributed by atoms with E-state index >= 15 is 0 Å². The minimum atomic E-state index is 0.109. The molecule has 0 amide bonds. The lowest BCUT2D eigenvalue weighted by Crippen LogP contribution is -2.28. The fourth-order valence-electron chi connectivity index (χ4n) is 1.94.